The van der Waals surface area contributed by atoms with Crippen molar-refractivity contribution in [2.45, 2.75) is 40.7 Å². The summed E-state index contributed by atoms with van der Waals surface area (Å²) >= 11 is 5.45. The molecule has 2 aromatic carbocycles. The first-order valence-electron chi connectivity index (χ1n) is 8.74. The van der Waals surface area contributed by atoms with E-state index in [2.05, 4.69) is 49.6 Å². The van der Waals surface area contributed by atoms with E-state index in [1.165, 1.54) is 16.7 Å². The van der Waals surface area contributed by atoms with Crippen molar-refractivity contribution < 1.29 is 9.53 Å². The van der Waals surface area contributed by atoms with Crippen LogP contribution < -0.4 is 10.6 Å². The Morgan fingerprint density at radius 2 is 1.88 bits per heavy atom. The van der Waals surface area contributed by atoms with Crippen molar-refractivity contribution in [1.82, 2.24) is 5.32 Å². The van der Waals surface area contributed by atoms with Crippen LogP contribution in [0.5, 0.6) is 0 Å². The highest BCUT2D eigenvalue weighted by Gasteiger charge is 2.14. The number of carbonyl (C=O) groups excluding carboxylic acids is 1. The molecule has 1 unspecified atom stereocenters. The summed E-state index contributed by atoms with van der Waals surface area (Å²) < 4.78 is 5.10. The van der Waals surface area contributed by atoms with Gasteiger partial charge in [0.15, 0.2) is 5.11 Å². The maximum Gasteiger partial charge on any atom is 0.338 e. The Hall–Kier alpha value is -2.40. The van der Waals surface area contributed by atoms with E-state index in [1.807, 2.05) is 19.1 Å². The number of esters is 1. The summed E-state index contributed by atoms with van der Waals surface area (Å²) in [6.45, 7) is 10.3. The molecular formula is C21H26N2O2S. The van der Waals surface area contributed by atoms with Gasteiger partial charge in [0.1, 0.15) is 0 Å². The highest BCUT2D eigenvalue weighted by Crippen LogP contribution is 2.21. The first-order valence-corrected chi connectivity index (χ1v) is 9.15. The lowest BCUT2D eigenvalue weighted by molar-refractivity contribution is 0.0525. The van der Waals surface area contributed by atoms with Crippen LogP contribution in [-0.4, -0.2) is 17.7 Å². The van der Waals surface area contributed by atoms with Gasteiger partial charge < -0.3 is 15.4 Å². The third-order valence-corrected chi connectivity index (χ3v) is 4.68. The molecule has 0 amide bonds. The molecule has 0 aliphatic rings. The molecule has 0 spiro atoms. The third kappa shape index (κ3) is 4.82. The second-order valence-electron chi connectivity index (χ2n) is 6.36. The molecule has 5 heteroatoms. The van der Waals surface area contributed by atoms with Gasteiger partial charge in [0.2, 0.25) is 0 Å². The molecule has 0 heterocycles. The van der Waals surface area contributed by atoms with E-state index in [0.29, 0.717) is 17.3 Å². The molecule has 1 atom stereocenters. The molecule has 4 nitrogen and oxygen atoms in total. The lowest BCUT2D eigenvalue weighted by Crippen LogP contribution is -2.31. The maximum atomic E-state index is 12.0. The van der Waals surface area contributed by atoms with Crippen molar-refractivity contribution in [3.8, 4) is 0 Å². The topological polar surface area (TPSA) is 50.4 Å². The zero-order valence-corrected chi connectivity index (χ0v) is 16.8. The summed E-state index contributed by atoms with van der Waals surface area (Å²) in [6.07, 6.45) is 0. The number of hydrogen-bond acceptors (Lipinski definition) is 3. The molecule has 2 rings (SSSR count). The van der Waals surface area contributed by atoms with Crippen LogP contribution in [-0.2, 0) is 4.74 Å². The average Bonchev–Trinajstić information content (AvgIpc) is 2.59. The van der Waals surface area contributed by atoms with Gasteiger partial charge in [-0.15, -0.1) is 0 Å². The first-order chi connectivity index (χ1) is 12.3. The maximum absolute atomic E-state index is 12.0. The largest absolute Gasteiger partial charge is 0.462 e. The summed E-state index contributed by atoms with van der Waals surface area (Å²) in [7, 11) is 0. The standard InChI is InChI=1S/C21H26N2O2S/c1-6-25-20(24)18-8-7-9-19(15(18)4)23-21(26)22-16(5)17-11-10-13(2)14(3)12-17/h7-12,16H,6H2,1-5H3,(H2,22,23,26). The molecule has 0 aliphatic carbocycles. The highest BCUT2D eigenvalue weighted by molar-refractivity contribution is 7.80. The number of hydrogen-bond donors (Lipinski definition) is 2. The smallest absolute Gasteiger partial charge is 0.338 e. The van der Waals surface area contributed by atoms with E-state index in [0.717, 1.165) is 11.3 Å². The average molecular weight is 371 g/mol. The first kappa shape index (κ1) is 19.9. The quantitative estimate of drug-likeness (QED) is 0.583. The van der Waals surface area contributed by atoms with Gasteiger partial charge in [0.25, 0.3) is 0 Å². The molecule has 0 aromatic heterocycles. The van der Waals surface area contributed by atoms with Crippen LogP contribution in [0, 0.1) is 20.8 Å². The van der Waals surface area contributed by atoms with Gasteiger partial charge in [-0.2, -0.15) is 0 Å². The number of benzene rings is 2. The SMILES string of the molecule is CCOC(=O)c1cccc(NC(=S)NC(C)c2ccc(C)c(C)c2)c1C. The number of rotatable bonds is 5. The fourth-order valence-corrected chi connectivity index (χ4v) is 2.96. The summed E-state index contributed by atoms with van der Waals surface area (Å²) in [5.41, 5.74) is 5.85. The summed E-state index contributed by atoms with van der Waals surface area (Å²) in [5, 5.41) is 7.00. The number of thiocarbonyl (C=S) groups is 1. The minimum atomic E-state index is -0.323. The van der Waals surface area contributed by atoms with Crippen LogP contribution in [0.25, 0.3) is 0 Å². The Kier molecular flexibility index (Phi) is 6.75. The Morgan fingerprint density at radius 3 is 2.54 bits per heavy atom. The van der Waals surface area contributed by atoms with Gasteiger partial charge in [0.05, 0.1) is 18.2 Å². The number of nitrogens with one attached hydrogen (secondary N) is 2. The van der Waals surface area contributed by atoms with Crippen LogP contribution in [0.2, 0.25) is 0 Å². The van der Waals surface area contributed by atoms with Crippen LogP contribution in [0.3, 0.4) is 0 Å². The third-order valence-electron chi connectivity index (χ3n) is 4.46. The van der Waals surface area contributed by atoms with E-state index in [9.17, 15) is 4.79 Å². The monoisotopic (exact) mass is 370 g/mol. The van der Waals surface area contributed by atoms with Gasteiger partial charge in [-0.25, -0.2) is 4.79 Å². The minimum absolute atomic E-state index is 0.0721. The minimum Gasteiger partial charge on any atom is -0.462 e. The summed E-state index contributed by atoms with van der Waals surface area (Å²) in [4.78, 5) is 12.0. The van der Waals surface area contributed by atoms with Crippen molar-refractivity contribution in [2.24, 2.45) is 0 Å². The van der Waals surface area contributed by atoms with Crippen molar-refractivity contribution in [3.05, 3.63) is 64.2 Å². The zero-order chi connectivity index (χ0) is 19.3. The lowest BCUT2D eigenvalue weighted by Gasteiger charge is -2.19. The fourth-order valence-electron chi connectivity index (χ4n) is 2.67. The summed E-state index contributed by atoms with van der Waals surface area (Å²) in [5.74, 6) is -0.323. The van der Waals surface area contributed by atoms with Crippen LogP contribution >= 0.6 is 12.2 Å². The van der Waals surface area contributed by atoms with Crippen LogP contribution in [0.1, 0.15) is 52.5 Å². The van der Waals surface area contributed by atoms with Gasteiger partial charge in [0, 0.05) is 5.69 Å². The van der Waals surface area contributed by atoms with Crippen LogP contribution in [0.15, 0.2) is 36.4 Å². The predicted octanol–water partition coefficient (Wildman–Crippen LogP) is 4.84. The number of carbonyl (C=O) groups is 1. The van der Waals surface area contributed by atoms with Crippen molar-refractivity contribution in [2.75, 3.05) is 11.9 Å². The van der Waals surface area contributed by atoms with Gasteiger partial charge in [-0.1, -0.05) is 24.3 Å². The number of aryl methyl sites for hydroxylation is 2. The van der Waals surface area contributed by atoms with Crippen LogP contribution in [0.4, 0.5) is 5.69 Å². The fraction of sp³-hybridized carbons (Fsp3) is 0.333. The van der Waals surface area contributed by atoms with Gasteiger partial charge >= 0.3 is 5.97 Å². The summed E-state index contributed by atoms with van der Waals surface area (Å²) in [6, 6.07) is 11.9. The number of ether oxygens (including phenoxy) is 1. The lowest BCUT2D eigenvalue weighted by atomic mass is 10.0. The Balaban J connectivity index is 2.08. The molecule has 2 N–H and O–H groups in total. The Bertz CT molecular complexity index is 818. The zero-order valence-electron chi connectivity index (χ0n) is 16.0. The Morgan fingerprint density at radius 1 is 1.15 bits per heavy atom. The Labute approximate surface area is 161 Å². The number of anilines is 1. The molecule has 0 saturated heterocycles. The van der Waals surface area contributed by atoms with Gasteiger partial charge in [-0.05, 0) is 81.2 Å². The molecule has 0 aliphatic heterocycles. The molecule has 0 fully saturated rings. The van der Waals surface area contributed by atoms with E-state index >= 15 is 0 Å². The predicted molar refractivity (Wildman–Crippen MR) is 111 cm³/mol. The van der Waals surface area contributed by atoms with E-state index in [-0.39, 0.29) is 12.0 Å². The highest BCUT2D eigenvalue weighted by atomic mass is 32.1. The molecule has 0 saturated carbocycles. The second-order valence-corrected chi connectivity index (χ2v) is 6.77. The molecular weight excluding hydrogens is 344 g/mol. The normalized spacial score (nSPS) is 11.6. The van der Waals surface area contributed by atoms with Crippen molar-refractivity contribution in [1.29, 1.82) is 0 Å². The van der Waals surface area contributed by atoms with E-state index in [1.54, 1.807) is 13.0 Å². The molecule has 2 aromatic rings. The molecule has 138 valence electrons. The van der Waals surface area contributed by atoms with Crippen molar-refractivity contribution in [3.63, 3.8) is 0 Å². The molecule has 0 radical (unpaired) electrons. The second kappa shape index (κ2) is 8.81. The van der Waals surface area contributed by atoms with E-state index < -0.39 is 0 Å². The van der Waals surface area contributed by atoms with Gasteiger partial charge in [-0.3, -0.25) is 0 Å². The molecule has 26 heavy (non-hydrogen) atoms. The molecule has 0 bridgehead atoms. The van der Waals surface area contributed by atoms with Crippen molar-refractivity contribution >= 4 is 29.0 Å². The van der Waals surface area contributed by atoms with E-state index in [4.69, 9.17) is 17.0 Å².